The highest BCUT2D eigenvalue weighted by molar-refractivity contribution is 7.20. The summed E-state index contributed by atoms with van der Waals surface area (Å²) in [5.41, 5.74) is 25.6. The highest BCUT2D eigenvalue weighted by Gasteiger charge is 2.46. The van der Waals surface area contributed by atoms with Gasteiger partial charge in [0.25, 0.3) is 0 Å². The van der Waals surface area contributed by atoms with Gasteiger partial charge in [-0.3, -0.25) is 0 Å². The van der Waals surface area contributed by atoms with E-state index in [1.165, 1.54) is 76.2 Å². The lowest BCUT2D eigenvalue weighted by molar-refractivity contribution is 0.125. The molecule has 9 rings (SSSR count). The van der Waals surface area contributed by atoms with E-state index in [2.05, 4.69) is 101 Å². The maximum Gasteiger partial charge on any atom is 0.161 e. The zero-order valence-corrected chi connectivity index (χ0v) is 35.8. The second kappa shape index (κ2) is 12.2. The van der Waals surface area contributed by atoms with Gasteiger partial charge in [-0.05, 0) is 180 Å². The topological polar surface area (TPSA) is 9.23 Å². The zero-order valence-electron chi connectivity index (χ0n) is 34.1. The summed E-state index contributed by atoms with van der Waals surface area (Å²) < 4.78 is 5.15. The van der Waals surface area contributed by atoms with Crippen molar-refractivity contribution < 1.29 is 4.74 Å². The molecule has 7 aliphatic rings. The molecule has 1 heterocycles. The lowest BCUT2D eigenvalue weighted by atomic mass is 9.88. The first kappa shape index (κ1) is 36.7. The van der Waals surface area contributed by atoms with Crippen LogP contribution >= 0.6 is 11.1 Å². The Hall–Kier alpha value is -1.61. The van der Waals surface area contributed by atoms with Crippen LogP contribution in [0.25, 0.3) is 12.2 Å². The van der Waals surface area contributed by atoms with Crippen molar-refractivity contribution >= 4 is 30.6 Å². The summed E-state index contributed by atoms with van der Waals surface area (Å²) in [7, 11) is -1.79. The average Bonchev–Trinajstić information content (AvgIpc) is 3.80. The fraction of sp³-hybridized carbons (Fsp3) is 0.660. The van der Waals surface area contributed by atoms with Crippen molar-refractivity contribution in [2.45, 2.75) is 172 Å². The molecule has 0 bridgehead atoms. The number of benzene rings is 2. The van der Waals surface area contributed by atoms with Crippen molar-refractivity contribution in [3.05, 3.63) is 77.9 Å². The molecule has 2 aromatic rings. The van der Waals surface area contributed by atoms with Gasteiger partial charge in [-0.1, -0.05) is 91.8 Å². The SMILES string of the molecule is CC1=Cc2c3c(c4c(c2C1)CC(C)(C)C4)CC(C)(C)C3.CC1=Cc2c3c(c4c(c2C1[Si](C)(C)Cl)CC(C)(C)C4)CC(C)(C)C3.CC1CCCO1. The summed E-state index contributed by atoms with van der Waals surface area (Å²) >= 11 is 7.04. The monoisotopic (exact) mass is 710 g/mol. The van der Waals surface area contributed by atoms with Crippen molar-refractivity contribution in [2.75, 3.05) is 6.61 Å². The van der Waals surface area contributed by atoms with Crippen LogP contribution in [-0.4, -0.2) is 20.1 Å². The number of fused-ring (bicyclic) bond motifs is 12. The largest absolute Gasteiger partial charge is 0.379 e. The predicted molar refractivity (Wildman–Crippen MR) is 219 cm³/mol. The van der Waals surface area contributed by atoms with Gasteiger partial charge in [-0.15, -0.1) is 0 Å². The van der Waals surface area contributed by atoms with Gasteiger partial charge in [0.05, 0.1) is 6.10 Å². The van der Waals surface area contributed by atoms with Crippen LogP contribution in [0.15, 0.2) is 11.1 Å². The van der Waals surface area contributed by atoms with Crippen molar-refractivity contribution in [1.29, 1.82) is 0 Å². The van der Waals surface area contributed by atoms with Gasteiger partial charge in [0.15, 0.2) is 7.38 Å². The molecule has 0 amide bonds. The summed E-state index contributed by atoms with van der Waals surface area (Å²) in [6.07, 6.45) is 19.4. The molecule has 0 spiro atoms. The molecule has 0 N–H and O–H groups in total. The highest BCUT2D eigenvalue weighted by Crippen LogP contribution is 2.56. The lowest BCUT2D eigenvalue weighted by Crippen LogP contribution is -2.29. The molecule has 1 aliphatic heterocycles. The standard InChI is InChI=1S/C22H31ClSi.C20H26.C5H10O/c1-13-8-14-15-9-21(2,3)10-16(15)17-11-22(4,5)12-18(17)19(14)20(13)24(6,7)23;1-12-6-13-14(7-12)16-9-20(4,5)11-18(16)17-10-19(2,3)8-15(13)17;1-5-3-2-4-6-5/h8,20H,9-12H2,1-7H3;6H,7-11H2,1-5H3;5H,2-4H2,1H3. The smallest absolute Gasteiger partial charge is 0.161 e. The van der Waals surface area contributed by atoms with Gasteiger partial charge < -0.3 is 4.74 Å². The first-order valence-electron chi connectivity index (χ1n) is 20.1. The van der Waals surface area contributed by atoms with Crippen LogP contribution in [-0.2, 0) is 62.5 Å². The number of rotatable bonds is 1. The third-order valence-electron chi connectivity index (χ3n) is 13.2. The van der Waals surface area contributed by atoms with Gasteiger partial charge in [-0.2, -0.15) is 11.1 Å². The highest BCUT2D eigenvalue weighted by atomic mass is 35.6. The van der Waals surface area contributed by atoms with Crippen LogP contribution in [0.2, 0.25) is 13.1 Å². The number of halogens is 1. The van der Waals surface area contributed by atoms with Crippen LogP contribution in [0, 0.1) is 21.7 Å². The maximum absolute atomic E-state index is 7.04. The molecule has 2 unspecified atom stereocenters. The van der Waals surface area contributed by atoms with Crippen molar-refractivity contribution in [1.82, 2.24) is 0 Å². The molecule has 0 aromatic heterocycles. The Morgan fingerprint density at radius 2 is 1.02 bits per heavy atom. The molecular formula is C47H67ClOSi. The van der Waals surface area contributed by atoms with E-state index in [1.54, 1.807) is 72.3 Å². The van der Waals surface area contributed by atoms with Crippen LogP contribution in [0.1, 0.15) is 161 Å². The molecular weight excluding hydrogens is 644 g/mol. The summed E-state index contributed by atoms with van der Waals surface area (Å²) in [6, 6.07) is 0. The summed E-state index contributed by atoms with van der Waals surface area (Å²) in [6.45, 7) is 31.9. The van der Waals surface area contributed by atoms with E-state index < -0.39 is 7.38 Å². The van der Waals surface area contributed by atoms with Crippen LogP contribution in [0.3, 0.4) is 0 Å². The Morgan fingerprint density at radius 1 is 0.600 bits per heavy atom. The Bertz CT molecular complexity index is 1800. The second-order valence-corrected chi connectivity index (χ2v) is 28.1. The first-order valence-corrected chi connectivity index (χ1v) is 24.2. The van der Waals surface area contributed by atoms with E-state index in [0.29, 0.717) is 33.3 Å². The molecule has 272 valence electrons. The molecule has 0 saturated carbocycles. The average molecular weight is 712 g/mol. The van der Waals surface area contributed by atoms with Crippen molar-refractivity contribution in [3.8, 4) is 0 Å². The molecule has 1 nitrogen and oxygen atoms in total. The minimum Gasteiger partial charge on any atom is -0.379 e. The Kier molecular flexibility index (Phi) is 8.97. The Morgan fingerprint density at radius 3 is 1.46 bits per heavy atom. The predicted octanol–water partition coefficient (Wildman–Crippen LogP) is 12.5. The van der Waals surface area contributed by atoms with Crippen LogP contribution < -0.4 is 0 Å². The molecule has 6 aliphatic carbocycles. The van der Waals surface area contributed by atoms with Gasteiger partial charge in [0.1, 0.15) is 0 Å². The van der Waals surface area contributed by atoms with Crippen molar-refractivity contribution in [3.63, 3.8) is 0 Å². The summed E-state index contributed by atoms with van der Waals surface area (Å²) in [5, 5.41) is 0. The fourth-order valence-corrected chi connectivity index (χ4v) is 14.5. The molecule has 50 heavy (non-hydrogen) atoms. The van der Waals surface area contributed by atoms with Crippen LogP contribution in [0.4, 0.5) is 0 Å². The Balaban J connectivity index is 0.000000136. The molecule has 1 saturated heterocycles. The van der Waals surface area contributed by atoms with E-state index in [1.807, 2.05) is 0 Å². The van der Waals surface area contributed by atoms with Gasteiger partial charge >= 0.3 is 0 Å². The first-order chi connectivity index (χ1) is 23.0. The van der Waals surface area contributed by atoms with Crippen molar-refractivity contribution in [2.24, 2.45) is 21.7 Å². The van der Waals surface area contributed by atoms with Gasteiger partial charge in [-0.25, -0.2) is 0 Å². The van der Waals surface area contributed by atoms with E-state index in [-0.39, 0.29) is 0 Å². The normalized spacial score (nSPS) is 26.4. The fourth-order valence-electron chi connectivity index (χ4n) is 11.4. The molecule has 0 radical (unpaired) electrons. The summed E-state index contributed by atoms with van der Waals surface area (Å²) in [5.74, 6) is 0. The number of allylic oxidation sites excluding steroid dienone is 2. The zero-order chi connectivity index (χ0) is 36.3. The van der Waals surface area contributed by atoms with Gasteiger partial charge in [0.2, 0.25) is 0 Å². The van der Waals surface area contributed by atoms with E-state index in [0.717, 1.165) is 6.61 Å². The van der Waals surface area contributed by atoms with Crippen LogP contribution in [0.5, 0.6) is 0 Å². The lowest BCUT2D eigenvalue weighted by Gasteiger charge is -2.28. The molecule has 2 aromatic carbocycles. The van der Waals surface area contributed by atoms with Gasteiger partial charge in [0, 0.05) is 12.1 Å². The summed E-state index contributed by atoms with van der Waals surface area (Å²) in [4.78, 5) is 0. The minimum atomic E-state index is -1.79. The van der Waals surface area contributed by atoms with E-state index in [4.69, 9.17) is 15.8 Å². The third-order valence-corrected chi connectivity index (χ3v) is 16.0. The molecule has 2 atom stereocenters. The quantitative estimate of drug-likeness (QED) is 0.211. The number of ether oxygens (including phenoxy) is 1. The number of hydrogen-bond donors (Lipinski definition) is 0. The molecule has 1 fully saturated rings. The Labute approximate surface area is 311 Å². The minimum absolute atomic E-state index is 0.400. The van der Waals surface area contributed by atoms with E-state index in [9.17, 15) is 0 Å². The number of hydrogen-bond acceptors (Lipinski definition) is 1. The maximum atomic E-state index is 7.04. The second-order valence-electron chi connectivity index (χ2n) is 21.5. The third kappa shape index (κ3) is 6.70. The molecule has 3 heteroatoms. The van der Waals surface area contributed by atoms with E-state index >= 15 is 0 Å².